The van der Waals surface area contributed by atoms with E-state index in [-0.39, 0.29) is 12.1 Å². The van der Waals surface area contributed by atoms with E-state index in [1.165, 1.54) is 23.1 Å². The van der Waals surface area contributed by atoms with Crippen molar-refractivity contribution >= 4 is 50.9 Å². The van der Waals surface area contributed by atoms with Gasteiger partial charge in [-0.3, -0.25) is 0 Å². The zero-order valence-electron chi connectivity index (χ0n) is 11.7. The Morgan fingerprint density at radius 1 is 1.45 bits per heavy atom. The summed E-state index contributed by atoms with van der Waals surface area (Å²) in [5.74, 6) is 0.537. The van der Waals surface area contributed by atoms with E-state index in [0.29, 0.717) is 15.2 Å². The van der Waals surface area contributed by atoms with Crippen LogP contribution in [0.1, 0.15) is 36.0 Å². The molecule has 0 radical (unpaired) electrons. The summed E-state index contributed by atoms with van der Waals surface area (Å²) in [5.41, 5.74) is 0.786. The van der Waals surface area contributed by atoms with E-state index in [1.807, 2.05) is 27.7 Å². The SMILES string of the molecule is CCSc1nc(Cl)c2c(C)c(C(=O)OC(C)C)sc2n1. The van der Waals surface area contributed by atoms with Gasteiger partial charge in [-0.15, -0.1) is 11.3 Å². The van der Waals surface area contributed by atoms with Crippen molar-refractivity contribution in [2.45, 2.75) is 39.0 Å². The van der Waals surface area contributed by atoms with Crippen molar-refractivity contribution in [1.29, 1.82) is 0 Å². The van der Waals surface area contributed by atoms with Crippen LogP contribution in [-0.4, -0.2) is 27.8 Å². The van der Waals surface area contributed by atoms with Gasteiger partial charge in [0, 0.05) is 0 Å². The number of ether oxygens (including phenoxy) is 1. The third-order valence-corrected chi connectivity index (χ3v) is 4.70. The van der Waals surface area contributed by atoms with Crippen molar-refractivity contribution in [2.24, 2.45) is 0 Å². The highest BCUT2D eigenvalue weighted by molar-refractivity contribution is 7.99. The molecule has 20 heavy (non-hydrogen) atoms. The van der Waals surface area contributed by atoms with Gasteiger partial charge < -0.3 is 4.74 Å². The van der Waals surface area contributed by atoms with Crippen molar-refractivity contribution in [3.8, 4) is 0 Å². The number of thiophene rings is 1. The van der Waals surface area contributed by atoms with Crippen LogP contribution in [0.15, 0.2) is 5.16 Å². The van der Waals surface area contributed by atoms with Gasteiger partial charge in [-0.1, -0.05) is 30.3 Å². The average molecular weight is 331 g/mol. The van der Waals surface area contributed by atoms with Crippen LogP contribution < -0.4 is 0 Å². The minimum absolute atomic E-state index is 0.153. The van der Waals surface area contributed by atoms with Crippen molar-refractivity contribution in [1.82, 2.24) is 9.97 Å². The molecule has 0 saturated heterocycles. The molecule has 0 fully saturated rings. The fourth-order valence-electron chi connectivity index (χ4n) is 1.73. The minimum Gasteiger partial charge on any atom is -0.459 e. The molecule has 0 bridgehead atoms. The van der Waals surface area contributed by atoms with Crippen LogP contribution in [-0.2, 0) is 4.74 Å². The summed E-state index contributed by atoms with van der Waals surface area (Å²) in [4.78, 5) is 22.0. The third kappa shape index (κ3) is 3.07. The Morgan fingerprint density at radius 3 is 2.75 bits per heavy atom. The van der Waals surface area contributed by atoms with Crippen LogP contribution in [0.5, 0.6) is 0 Å². The van der Waals surface area contributed by atoms with Crippen LogP contribution in [0, 0.1) is 6.92 Å². The first-order valence-corrected chi connectivity index (χ1v) is 8.42. The Kier molecular flexibility index (Phi) is 4.88. The average Bonchev–Trinajstić information content (AvgIpc) is 2.66. The van der Waals surface area contributed by atoms with Gasteiger partial charge >= 0.3 is 5.97 Å². The van der Waals surface area contributed by atoms with Crippen LogP contribution in [0.3, 0.4) is 0 Å². The normalized spacial score (nSPS) is 11.3. The summed E-state index contributed by atoms with van der Waals surface area (Å²) >= 11 is 9.04. The molecule has 0 aliphatic carbocycles. The molecule has 0 unspecified atom stereocenters. The second-order valence-corrected chi connectivity index (χ2v) is 7.01. The van der Waals surface area contributed by atoms with Crippen LogP contribution in [0.4, 0.5) is 0 Å². The molecule has 108 valence electrons. The summed E-state index contributed by atoms with van der Waals surface area (Å²) in [6, 6.07) is 0. The Balaban J connectivity index is 2.51. The standard InChI is InChI=1S/C13H15ClN2O2S2/c1-5-19-13-15-10(14)8-7(4)9(20-11(8)16-13)12(17)18-6(2)3/h6H,5H2,1-4H3. The van der Waals surface area contributed by atoms with Gasteiger partial charge in [-0.2, -0.15) is 0 Å². The molecule has 0 atom stereocenters. The lowest BCUT2D eigenvalue weighted by Gasteiger charge is -2.06. The molecule has 7 heteroatoms. The van der Waals surface area contributed by atoms with Crippen LogP contribution >= 0.6 is 34.7 Å². The topological polar surface area (TPSA) is 52.1 Å². The number of hydrogen-bond donors (Lipinski definition) is 0. The summed E-state index contributed by atoms with van der Waals surface area (Å²) < 4.78 is 5.24. The summed E-state index contributed by atoms with van der Waals surface area (Å²) in [5, 5.41) is 1.77. The number of halogens is 1. The third-order valence-electron chi connectivity index (χ3n) is 2.53. The number of carbonyl (C=O) groups excluding carboxylic acids is 1. The first-order valence-electron chi connectivity index (χ1n) is 6.24. The minimum atomic E-state index is -0.332. The first-order chi connectivity index (χ1) is 9.43. The fourth-order valence-corrected chi connectivity index (χ4v) is 3.84. The maximum Gasteiger partial charge on any atom is 0.348 e. The fraction of sp³-hybridized carbons (Fsp3) is 0.462. The molecule has 0 N–H and O–H groups in total. The zero-order valence-corrected chi connectivity index (χ0v) is 14.1. The molecule has 0 aliphatic heterocycles. The Hall–Kier alpha value is -0.850. The maximum absolute atomic E-state index is 12.1. The number of rotatable bonds is 4. The van der Waals surface area contributed by atoms with E-state index >= 15 is 0 Å². The van der Waals surface area contributed by atoms with E-state index in [9.17, 15) is 4.79 Å². The van der Waals surface area contributed by atoms with E-state index < -0.39 is 0 Å². The highest BCUT2D eigenvalue weighted by Gasteiger charge is 2.21. The number of hydrogen-bond acceptors (Lipinski definition) is 6. The summed E-state index contributed by atoms with van der Waals surface area (Å²) in [7, 11) is 0. The lowest BCUT2D eigenvalue weighted by Crippen LogP contribution is -2.11. The number of carbonyl (C=O) groups is 1. The highest BCUT2D eigenvalue weighted by Crippen LogP contribution is 2.35. The van der Waals surface area contributed by atoms with Crippen molar-refractivity contribution < 1.29 is 9.53 Å². The van der Waals surface area contributed by atoms with Gasteiger partial charge in [0.15, 0.2) is 5.16 Å². The van der Waals surface area contributed by atoms with E-state index in [1.54, 1.807) is 0 Å². The van der Waals surface area contributed by atoms with Gasteiger partial charge in [0.2, 0.25) is 0 Å². The number of nitrogens with zero attached hydrogens (tertiary/aromatic N) is 2. The monoisotopic (exact) mass is 330 g/mol. The Bertz CT molecular complexity index is 655. The number of aryl methyl sites for hydroxylation is 1. The first kappa shape index (κ1) is 15.5. The molecule has 0 aliphatic rings. The molecule has 2 aromatic rings. The number of fused-ring (bicyclic) bond motifs is 1. The molecule has 0 aromatic carbocycles. The number of thioether (sulfide) groups is 1. The van der Waals surface area contributed by atoms with Gasteiger partial charge in [-0.05, 0) is 32.1 Å². The molecule has 2 aromatic heterocycles. The van der Waals surface area contributed by atoms with Crippen LogP contribution in [0.2, 0.25) is 5.15 Å². The largest absolute Gasteiger partial charge is 0.459 e. The van der Waals surface area contributed by atoms with Crippen molar-refractivity contribution in [3.05, 3.63) is 15.6 Å². The zero-order chi connectivity index (χ0) is 14.9. The molecule has 0 spiro atoms. The smallest absolute Gasteiger partial charge is 0.348 e. The van der Waals surface area contributed by atoms with E-state index in [2.05, 4.69) is 9.97 Å². The van der Waals surface area contributed by atoms with E-state index in [0.717, 1.165) is 21.5 Å². The maximum atomic E-state index is 12.1. The molecule has 2 rings (SSSR count). The molecule has 0 amide bonds. The summed E-state index contributed by atoms with van der Waals surface area (Å²) in [6.45, 7) is 7.52. The molecule has 0 saturated carbocycles. The second kappa shape index (κ2) is 6.28. The van der Waals surface area contributed by atoms with Crippen molar-refractivity contribution in [2.75, 3.05) is 5.75 Å². The number of esters is 1. The predicted octanol–water partition coefficient (Wildman–Crippen LogP) is 4.33. The molecular formula is C13H15ClN2O2S2. The second-order valence-electron chi connectivity index (χ2n) is 4.42. The lowest BCUT2D eigenvalue weighted by atomic mass is 10.2. The highest BCUT2D eigenvalue weighted by atomic mass is 35.5. The lowest BCUT2D eigenvalue weighted by molar-refractivity contribution is 0.0383. The predicted molar refractivity (Wildman–Crippen MR) is 84.1 cm³/mol. The van der Waals surface area contributed by atoms with Gasteiger partial charge in [0.1, 0.15) is 14.9 Å². The summed E-state index contributed by atoms with van der Waals surface area (Å²) in [6.07, 6.45) is -0.153. The molecule has 2 heterocycles. The molecular weight excluding hydrogens is 316 g/mol. The van der Waals surface area contributed by atoms with Gasteiger partial charge in [0.05, 0.1) is 11.5 Å². The molecule has 4 nitrogen and oxygen atoms in total. The van der Waals surface area contributed by atoms with Gasteiger partial charge in [-0.25, -0.2) is 14.8 Å². The quantitative estimate of drug-likeness (QED) is 0.361. The number of aromatic nitrogens is 2. The Morgan fingerprint density at radius 2 is 2.15 bits per heavy atom. The van der Waals surface area contributed by atoms with Crippen molar-refractivity contribution in [3.63, 3.8) is 0 Å². The van der Waals surface area contributed by atoms with Crippen LogP contribution in [0.25, 0.3) is 10.2 Å². The Labute approximate surface area is 130 Å². The van der Waals surface area contributed by atoms with E-state index in [4.69, 9.17) is 16.3 Å². The van der Waals surface area contributed by atoms with Gasteiger partial charge in [0.25, 0.3) is 0 Å².